The Kier molecular flexibility index (Phi) is 8.77. The number of hydrogen-bond donors (Lipinski definition) is 1. The van der Waals surface area contributed by atoms with Crippen LogP contribution < -0.4 is 19.6 Å². The van der Waals surface area contributed by atoms with Gasteiger partial charge in [-0.25, -0.2) is 14.6 Å². The van der Waals surface area contributed by atoms with Crippen LogP contribution in [0, 0.1) is 0 Å². The molecule has 0 bridgehead atoms. The van der Waals surface area contributed by atoms with Crippen molar-refractivity contribution in [2.24, 2.45) is 4.99 Å². The minimum absolute atomic E-state index is 0.193. The van der Waals surface area contributed by atoms with Gasteiger partial charge in [0.15, 0.2) is 4.80 Å². The average Bonchev–Trinajstić information content (AvgIpc) is 3.26. The van der Waals surface area contributed by atoms with Crippen LogP contribution >= 0.6 is 38.9 Å². The molecule has 11 heteroatoms. The van der Waals surface area contributed by atoms with E-state index in [-0.39, 0.29) is 24.3 Å². The number of aromatic nitrogens is 1. The SMILES string of the molecule is CCOC(=O)C1=C(C)N=c2s/c(=C/c3ccc(OCc4ccc(C(=O)O)cc4)c(Br)c3)c(=O)n2[C@H]1c1ccc(Cl)cc1. The number of hydrogen-bond acceptors (Lipinski definition) is 7. The van der Waals surface area contributed by atoms with Gasteiger partial charge in [0.05, 0.1) is 38.5 Å². The molecule has 3 aromatic carbocycles. The van der Waals surface area contributed by atoms with E-state index in [2.05, 4.69) is 20.9 Å². The van der Waals surface area contributed by atoms with E-state index in [1.807, 2.05) is 12.1 Å². The van der Waals surface area contributed by atoms with Gasteiger partial charge in [-0.05, 0) is 88.9 Å². The highest BCUT2D eigenvalue weighted by atomic mass is 79.9. The second-order valence-corrected chi connectivity index (χ2v) is 11.6. The number of carbonyl (C=O) groups excluding carboxylic acids is 1. The topological polar surface area (TPSA) is 107 Å². The van der Waals surface area contributed by atoms with Crippen molar-refractivity contribution in [1.82, 2.24) is 4.57 Å². The molecule has 1 aromatic heterocycles. The molecule has 42 heavy (non-hydrogen) atoms. The summed E-state index contributed by atoms with van der Waals surface area (Å²) in [6.07, 6.45) is 1.77. The highest BCUT2D eigenvalue weighted by molar-refractivity contribution is 9.10. The van der Waals surface area contributed by atoms with Gasteiger partial charge in [0, 0.05) is 5.02 Å². The summed E-state index contributed by atoms with van der Waals surface area (Å²) in [7, 11) is 0. The molecule has 8 nitrogen and oxygen atoms in total. The van der Waals surface area contributed by atoms with Crippen LogP contribution in [0.3, 0.4) is 0 Å². The summed E-state index contributed by atoms with van der Waals surface area (Å²) < 4.78 is 13.9. The third kappa shape index (κ3) is 6.11. The van der Waals surface area contributed by atoms with Gasteiger partial charge in [-0.15, -0.1) is 0 Å². The number of rotatable bonds is 8. The van der Waals surface area contributed by atoms with E-state index in [0.717, 1.165) is 11.1 Å². The molecular weight excluding hydrogens is 644 g/mol. The highest BCUT2D eigenvalue weighted by Crippen LogP contribution is 2.31. The fraction of sp³-hybridized carbons (Fsp3) is 0.161. The second-order valence-electron chi connectivity index (χ2n) is 9.33. The Balaban J connectivity index is 1.47. The second kappa shape index (κ2) is 12.5. The first-order valence-corrected chi connectivity index (χ1v) is 14.8. The Labute approximate surface area is 258 Å². The summed E-state index contributed by atoms with van der Waals surface area (Å²) in [5.41, 5.74) is 3.02. The number of allylic oxidation sites excluding steroid dienone is 1. The lowest BCUT2D eigenvalue weighted by Crippen LogP contribution is -2.39. The smallest absolute Gasteiger partial charge is 0.338 e. The van der Waals surface area contributed by atoms with E-state index < -0.39 is 18.0 Å². The minimum Gasteiger partial charge on any atom is -0.488 e. The van der Waals surface area contributed by atoms with Crippen molar-refractivity contribution >= 4 is 56.9 Å². The molecule has 2 heterocycles. The number of esters is 1. The molecule has 0 radical (unpaired) electrons. The predicted octanol–water partition coefficient (Wildman–Crippen LogP) is 5.49. The van der Waals surface area contributed by atoms with E-state index in [0.29, 0.717) is 41.4 Å². The van der Waals surface area contributed by atoms with Gasteiger partial charge in [-0.3, -0.25) is 9.36 Å². The van der Waals surface area contributed by atoms with Crippen LogP contribution in [0.2, 0.25) is 5.02 Å². The third-order valence-electron chi connectivity index (χ3n) is 6.55. The maximum atomic E-state index is 13.8. The standard InChI is InChI=1S/C31H24BrClN2O6S/c1-3-40-30(39)26-17(2)34-31-35(27(26)20-9-11-22(33)12-10-20)28(36)25(42-31)15-19-6-13-24(23(32)14-19)41-16-18-4-7-21(8-5-18)29(37)38/h4-15,27H,3,16H2,1-2H3,(H,37,38)/b25-15+/t27-/m0/s1. The molecule has 5 rings (SSSR count). The van der Waals surface area contributed by atoms with Crippen LogP contribution in [-0.4, -0.2) is 28.2 Å². The monoisotopic (exact) mass is 666 g/mol. The zero-order chi connectivity index (χ0) is 30.0. The largest absolute Gasteiger partial charge is 0.488 e. The first-order chi connectivity index (χ1) is 20.2. The Morgan fingerprint density at radius 1 is 1.12 bits per heavy atom. The lowest BCUT2D eigenvalue weighted by molar-refractivity contribution is -0.139. The number of carboxylic acid groups (broad SMARTS) is 1. The Morgan fingerprint density at radius 2 is 1.83 bits per heavy atom. The van der Waals surface area contributed by atoms with Crippen LogP contribution in [0.1, 0.15) is 46.9 Å². The Hall–Kier alpha value is -3.99. The molecule has 1 N–H and O–H groups in total. The zero-order valence-corrected chi connectivity index (χ0v) is 25.6. The van der Waals surface area contributed by atoms with Crippen molar-refractivity contribution in [2.75, 3.05) is 6.61 Å². The van der Waals surface area contributed by atoms with Gasteiger partial charge in [-0.2, -0.15) is 0 Å². The Bertz CT molecular complexity index is 1900. The molecule has 4 aromatic rings. The summed E-state index contributed by atoms with van der Waals surface area (Å²) in [5.74, 6) is -0.915. The highest BCUT2D eigenvalue weighted by Gasteiger charge is 2.33. The number of ether oxygens (including phenoxy) is 2. The minimum atomic E-state index is -0.983. The maximum absolute atomic E-state index is 13.8. The van der Waals surface area contributed by atoms with Crippen LogP contribution in [0.25, 0.3) is 6.08 Å². The van der Waals surface area contributed by atoms with Gasteiger partial charge in [0.2, 0.25) is 0 Å². The molecule has 0 fully saturated rings. The fourth-order valence-corrected chi connectivity index (χ4v) is 6.22. The molecule has 0 unspecified atom stereocenters. The number of fused-ring (bicyclic) bond motifs is 1. The molecule has 0 aliphatic carbocycles. The number of carboxylic acids is 1. The summed E-state index contributed by atoms with van der Waals surface area (Å²) in [5, 5.41) is 9.61. The van der Waals surface area contributed by atoms with Gasteiger partial charge in [-0.1, -0.05) is 53.3 Å². The average molecular weight is 668 g/mol. The summed E-state index contributed by atoms with van der Waals surface area (Å²) >= 11 is 10.9. The first-order valence-electron chi connectivity index (χ1n) is 12.9. The van der Waals surface area contributed by atoms with Crippen molar-refractivity contribution < 1.29 is 24.2 Å². The maximum Gasteiger partial charge on any atom is 0.338 e. The normalized spacial score (nSPS) is 14.8. The fourth-order valence-electron chi connectivity index (χ4n) is 4.53. The van der Waals surface area contributed by atoms with Crippen LogP contribution in [0.4, 0.5) is 0 Å². The van der Waals surface area contributed by atoms with Gasteiger partial charge >= 0.3 is 11.9 Å². The van der Waals surface area contributed by atoms with E-state index in [9.17, 15) is 14.4 Å². The summed E-state index contributed by atoms with van der Waals surface area (Å²) in [6.45, 7) is 3.91. The summed E-state index contributed by atoms with van der Waals surface area (Å²) in [4.78, 5) is 42.9. The number of benzene rings is 3. The molecule has 214 valence electrons. The van der Waals surface area contributed by atoms with Crippen molar-refractivity contribution in [3.05, 3.63) is 129 Å². The number of nitrogens with zero attached hydrogens (tertiary/aromatic N) is 2. The van der Waals surface area contributed by atoms with Crippen molar-refractivity contribution in [1.29, 1.82) is 0 Å². The van der Waals surface area contributed by atoms with E-state index in [1.165, 1.54) is 28.0 Å². The van der Waals surface area contributed by atoms with E-state index in [1.54, 1.807) is 62.4 Å². The van der Waals surface area contributed by atoms with E-state index >= 15 is 0 Å². The molecule has 0 spiro atoms. The molecule has 1 aliphatic heterocycles. The summed E-state index contributed by atoms with van der Waals surface area (Å²) in [6, 6.07) is 18.2. The van der Waals surface area contributed by atoms with E-state index in [4.69, 9.17) is 26.2 Å². The van der Waals surface area contributed by atoms with Crippen LogP contribution in [0.15, 0.2) is 92.3 Å². The van der Waals surface area contributed by atoms with Crippen LogP contribution in [0.5, 0.6) is 5.75 Å². The van der Waals surface area contributed by atoms with Crippen LogP contribution in [-0.2, 0) is 16.1 Å². The molecule has 0 saturated carbocycles. The van der Waals surface area contributed by atoms with Crippen molar-refractivity contribution in [2.45, 2.75) is 26.5 Å². The lowest BCUT2D eigenvalue weighted by atomic mass is 9.96. The molecular formula is C31H24BrClN2O6S. The Morgan fingerprint density at radius 3 is 2.48 bits per heavy atom. The molecule has 0 saturated heterocycles. The lowest BCUT2D eigenvalue weighted by Gasteiger charge is -2.24. The molecule has 1 aliphatic rings. The van der Waals surface area contributed by atoms with Gasteiger partial charge in [0.1, 0.15) is 12.4 Å². The predicted molar refractivity (Wildman–Crippen MR) is 164 cm³/mol. The number of halogens is 2. The first kappa shape index (κ1) is 29.5. The number of thiazole rings is 1. The van der Waals surface area contributed by atoms with Crippen molar-refractivity contribution in [3.63, 3.8) is 0 Å². The van der Waals surface area contributed by atoms with Gasteiger partial charge < -0.3 is 14.6 Å². The third-order valence-corrected chi connectivity index (χ3v) is 8.41. The molecule has 0 amide bonds. The molecule has 1 atom stereocenters. The number of carbonyl (C=O) groups is 2. The zero-order valence-electron chi connectivity index (χ0n) is 22.5. The number of aromatic carboxylic acids is 1. The van der Waals surface area contributed by atoms with Crippen molar-refractivity contribution in [3.8, 4) is 5.75 Å². The van der Waals surface area contributed by atoms with Gasteiger partial charge in [0.25, 0.3) is 5.56 Å². The quantitative estimate of drug-likeness (QED) is 0.249.